The fraction of sp³-hybridized carbons (Fsp3) is 0.318. The molecular weight excluding hydrogens is 344 g/mol. The minimum atomic E-state index is 0.207. The average Bonchev–Trinajstić information content (AvgIpc) is 3.09. The second-order valence-electron chi connectivity index (χ2n) is 6.56. The first kappa shape index (κ1) is 18.5. The first-order valence-electron chi connectivity index (χ1n) is 9.20. The predicted octanol–water partition coefficient (Wildman–Crippen LogP) is 5.15. The van der Waals surface area contributed by atoms with E-state index in [9.17, 15) is 4.79 Å². The number of hydrogen-bond acceptors (Lipinski definition) is 1. The summed E-state index contributed by atoms with van der Waals surface area (Å²) in [5, 5.41) is 1.24. The van der Waals surface area contributed by atoms with Crippen molar-refractivity contribution in [1.82, 2.24) is 9.88 Å². The lowest BCUT2D eigenvalue weighted by Crippen LogP contribution is -2.32. The van der Waals surface area contributed by atoms with Gasteiger partial charge >= 0.3 is 0 Å². The first-order chi connectivity index (χ1) is 12.8. The van der Waals surface area contributed by atoms with Gasteiger partial charge in [-0.05, 0) is 36.5 Å². The van der Waals surface area contributed by atoms with Crippen molar-refractivity contribution >= 4 is 28.4 Å². The zero-order valence-corrected chi connectivity index (χ0v) is 15.7. The number of para-hydroxylation sites is 1. The van der Waals surface area contributed by atoms with Gasteiger partial charge in [0.2, 0.25) is 5.91 Å². The van der Waals surface area contributed by atoms with Crippen molar-refractivity contribution in [2.45, 2.75) is 32.2 Å². The Morgan fingerprint density at radius 1 is 1.00 bits per heavy atom. The summed E-state index contributed by atoms with van der Waals surface area (Å²) in [5.41, 5.74) is 3.56. The average molecular weight is 369 g/mol. The number of aromatic amines is 1. The molecule has 3 rings (SSSR count). The third-order valence-electron chi connectivity index (χ3n) is 4.67. The van der Waals surface area contributed by atoms with Crippen LogP contribution in [0.4, 0.5) is 0 Å². The van der Waals surface area contributed by atoms with Crippen molar-refractivity contribution in [3.05, 3.63) is 71.9 Å². The van der Waals surface area contributed by atoms with Crippen LogP contribution in [0.5, 0.6) is 0 Å². The van der Waals surface area contributed by atoms with E-state index < -0.39 is 0 Å². The van der Waals surface area contributed by atoms with Crippen LogP contribution >= 0.6 is 11.6 Å². The molecule has 1 N–H and O–H groups in total. The predicted molar refractivity (Wildman–Crippen MR) is 108 cm³/mol. The molecule has 0 aliphatic carbocycles. The molecule has 0 atom stereocenters. The largest absolute Gasteiger partial charge is 0.361 e. The molecular formula is C22H25ClN2O. The maximum Gasteiger partial charge on any atom is 0.222 e. The number of unbranched alkanes of at least 4 members (excludes halogenated alkanes) is 1. The number of nitrogens with one attached hydrogen (secondary N) is 1. The quantitative estimate of drug-likeness (QED) is 0.411. The normalized spacial score (nSPS) is 11.0. The fourth-order valence-corrected chi connectivity index (χ4v) is 3.41. The van der Waals surface area contributed by atoms with Crippen molar-refractivity contribution in [3.8, 4) is 0 Å². The van der Waals surface area contributed by atoms with Crippen LogP contribution in [0.3, 0.4) is 0 Å². The van der Waals surface area contributed by atoms with Gasteiger partial charge in [0.05, 0.1) is 0 Å². The lowest BCUT2D eigenvalue weighted by Gasteiger charge is -2.23. The molecule has 0 aliphatic heterocycles. The number of alkyl halides is 1. The summed E-state index contributed by atoms with van der Waals surface area (Å²) in [4.78, 5) is 18.0. The van der Waals surface area contributed by atoms with E-state index in [4.69, 9.17) is 11.6 Å². The van der Waals surface area contributed by atoms with E-state index in [-0.39, 0.29) is 5.91 Å². The molecule has 0 fully saturated rings. The van der Waals surface area contributed by atoms with Gasteiger partial charge < -0.3 is 9.88 Å². The molecule has 0 aliphatic rings. The molecule has 26 heavy (non-hydrogen) atoms. The van der Waals surface area contributed by atoms with E-state index >= 15 is 0 Å². The van der Waals surface area contributed by atoms with Gasteiger partial charge in [0.25, 0.3) is 0 Å². The molecule has 3 nitrogen and oxygen atoms in total. The Kier molecular flexibility index (Phi) is 6.73. The number of nitrogens with zero attached hydrogens (tertiary/aromatic N) is 1. The van der Waals surface area contributed by atoms with Crippen molar-refractivity contribution < 1.29 is 4.79 Å². The van der Waals surface area contributed by atoms with Crippen LogP contribution in [0.15, 0.2) is 60.8 Å². The summed E-state index contributed by atoms with van der Waals surface area (Å²) < 4.78 is 0. The molecule has 0 saturated heterocycles. The number of amides is 1. The Balaban J connectivity index is 1.69. The maximum absolute atomic E-state index is 12.7. The Morgan fingerprint density at radius 2 is 1.77 bits per heavy atom. The van der Waals surface area contributed by atoms with Gasteiger partial charge in [-0.1, -0.05) is 48.5 Å². The first-order valence-corrected chi connectivity index (χ1v) is 9.74. The smallest absolute Gasteiger partial charge is 0.222 e. The van der Waals surface area contributed by atoms with Gasteiger partial charge in [0.1, 0.15) is 0 Å². The van der Waals surface area contributed by atoms with Gasteiger partial charge in [0, 0.05) is 42.5 Å². The topological polar surface area (TPSA) is 36.1 Å². The van der Waals surface area contributed by atoms with E-state index in [0.717, 1.165) is 36.9 Å². The molecule has 0 bridgehead atoms. The van der Waals surface area contributed by atoms with Crippen LogP contribution in [-0.2, 0) is 17.8 Å². The number of aromatic nitrogens is 1. The second kappa shape index (κ2) is 9.44. The number of fused-ring (bicyclic) bond motifs is 1. The maximum atomic E-state index is 12.7. The van der Waals surface area contributed by atoms with Crippen LogP contribution in [0.25, 0.3) is 10.9 Å². The highest BCUT2D eigenvalue weighted by Gasteiger charge is 2.15. The minimum absolute atomic E-state index is 0.207. The van der Waals surface area contributed by atoms with E-state index in [1.807, 2.05) is 29.2 Å². The highest BCUT2D eigenvalue weighted by molar-refractivity contribution is 6.17. The number of halogens is 1. The van der Waals surface area contributed by atoms with Gasteiger partial charge in [0.15, 0.2) is 0 Å². The van der Waals surface area contributed by atoms with E-state index in [1.54, 1.807) is 0 Å². The highest BCUT2D eigenvalue weighted by atomic mass is 35.5. The molecule has 0 radical (unpaired) electrons. The third kappa shape index (κ3) is 4.89. The molecule has 0 saturated carbocycles. The summed E-state index contributed by atoms with van der Waals surface area (Å²) in [5.74, 6) is 0.820. The Bertz CT molecular complexity index is 828. The minimum Gasteiger partial charge on any atom is -0.361 e. The number of H-pyrrole nitrogens is 1. The van der Waals surface area contributed by atoms with Crippen molar-refractivity contribution in [1.29, 1.82) is 0 Å². The summed E-state index contributed by atoms with van der Waals surface area (Å²) >= 11 is 5.75. The number of hydrogen-bond donors (Lipinski definition) is 1. The zero-order valence-electron chi connectivity index (χ0n) is 15.0. The Labute approximate surface area is 160 Å². The molecule has 0 spiro atoms. The molecule has 1 amide bonds. The van der Waals surface area contributed by atoms with E-state index in [0.29, 0.717) is 18.8 Å². The van der Waals surface area contributed by atoms with Gasteiger partial charge in [-0.15, -0.1) is 11.6 Å². The van der Waals surface area contributed by atoms with Crippen LogP contribution in [0.1, 0.15) is 30.4 Å². The van der Waals surface area contributed by atoms with Crippen molar-refractivity contribution in [2.24, 2.45) is 0 Å². The van der Waals surface area contributed by atoms with Crippen LogP contribution in [0, 0.1) is 0 Å². The van der Waals surface area contributed by atoms with E-state index in [1.165, 1.54) is 10.9 Å². The summed E-state index contributed by atoms with van der Waals surface area (Å²) in [7, 11) is 0. The molecule has 2 aromatic carbocycles. The third-order valence-corrected chi connectivity index (χ3v) is 4.94. The molecule has 1 aromatic heterocycles. The monoisotopic (exact) mass is 368 g/mol. The van der Waals surface area contributed by atoms with Crippen molar-refractivity contribution in [2.75, 3.05) is 12.4 Å². The molecule has 136 valence electrons. The van der Waals surface area contributed by atoms with Crippen LogP contribution in [-0.4, -0.2) is 28.2 Å². The van der Waals surface area contributed by atoms with Crippen molar-refractivity contribution in [3.63, 3.8) is 0 Å². The number of carbonyl (C=O) groups excluding carboxylic acids is 1. The molecule has 0 unspecified atom stereocenters. The fourth-order valence-electron chi connectivity index (χ4n) is 3.22. The van der Waals surface area contributed by atoms with Crippen LogP contribution in [0.2, 0.25) is 0 Å². The second-order valence-corrected chi connectivity index (χ2v) is 6.93. The zero-order chi connectivity index (χ0) is 18.2. The molecule has 4 heteroatoms. The summed E-state index contributed by atoms with van der Waals surface area (Å²) in [6.07, 6.45) is 5.20. The Morgan fingerprint density at radius 3 is 2.58 bits per heavy atom. The molecule has 3 aromatic rings. The van der Waals surface area contributed by atoms with Gasteiger partial charge in [-0.3, -0.25) is 4.79 Å². The summed E-state index contributed by atoms with van der Waals surface area (Å²) in [6, 6.07) is 18.5. The number of benzene rings is 2. The lowest BCUT2D eigenvalue weighted by molar-refractivity contribution is -0.131. The van der Waals surface area contributed by atoms with E-state index in [2.05, 4.69) is 41.5 Å². The van der Waals surface area contributed by atoms with Gasteiger partial charge in [-0.2, -0.15) is 0 Å². The number of carbonyl (C=O) groups is 1. The number of rotatable bonds is 9. The van der Waals surface area contributed by atoms with Gasteiger partial charge in [-0.25, -0.2) is 0 Å². The SMILES string of the molecule is O=C(CCCCCl)N(CCc1c[nH]c2ccccc12)Cc1ccccc1. The summed E-state index contributed by atoms with van der Waals surface area (Å²) in [6.45, 7) is 1.37. The Hall–Kier alpha value is -2.26. The van der Waals surface area contributed by atoms with Crippen LogP contribution < -0.4 is 0 Å². The lowest BCUT2D eigenvalue weighted by atomic mass is 10.1. The molecule has 1 heterocycles. The highest BCUT2D eigenvalue weighted by Crippen LogP contribution is 2.19. The standard InChI is InChI=1S/C22H25ClN2O/c23-14-7-6-12-22(26)25(17-18-8-2-1-3-9-18)15-13-19-16-24-21-11-5-4-10-20(19)21/h1-5,8-11,16,24H,6-7,12-15,17H2.